The molecular formula is C29H32O12. The maximum absolute atomic E-state index is 12.5. The largest absolute Gasteiger partial charge is 0.502 e. The zero-order valence-corrected chi connectivity index (χ0v) is 23.3. The summed E-state index contributed by atoms with van der Waals surface area (Å²) < 4.78 is 48.8. The highest BCUT2D eigenvalue weighted by Crippen LogP contribution is 2.39. The smallest absolute Gasteiger partial charge is 0.331 e. The first-order valence-corrected chi connectivity index (χ1v) is 12.6. The number of hydrogen-bond donors (Lipinski definition) is 1. The number of phenols is 1. The van der Waals surface area contributed by atoms with Crippen molar-refractivity contribution in [3.63, 3.8) is 0 Å². The summed E-state index contributed by atoms with van der Waals surface area (Å²) in [5, 5.41) is 10.0. The van der Waals surface area contributed by atoms with E-state index in [-0.39, 0.29) is 30.5 Å². The first-order valence-electron chi connectivity index (χ1n) is 12.6. The molecule has 0 saturated carbocycles. The first-order chi connectivity index (χ1) is 19.8. The van der Waals surface area contributed by atoms with Crippen LogP contribution in [0, 0.1) is 0 Å². The molecule has 12 nitrogen and oxygen atoms in total. The Labute approximate surface area is 236 Å². The number of hydrogen-bond acceptors (Lipinski definition) is 12. The van der Waals surface area contributed by atoms with Gasteiger partial charge in [0.2, 0.25) is 11.5 Å². The molecule has 0 aliphatic carbocycles. The molecule has 4 atom stereocenters. The van der Waals surface area contributed by atoms with Crippen molar-refractivity contribution >= 4 is 24.1 Å². The number of rotatable bonds is 11. The third-order valence-corrected chi connectivity index (χ3v) is 6.51. The van der Waals surface area contributed by atoms with Crippen LogP contribution < -0.4 is 23.7 Å². The fourth-order valence-electron chi connectivity index (χ4n) is 4.54. The molecule has 2 aliphatic rings. The van der Waals surface area contributed by atoms with Crippen LogP contribution in [0.5, 0.6) is 34.5 Å². The van der Waals surface area contributed by atoms with Crippen LogP contribution in [0.2, 0.25) is 0 Å². The molecule has 2 aromatic rings. The Morgan fingerprint density at radius 3 is 1.44 bits per heavy atom. The zero-order chi connectivity index (χ0) is 29.5. The van der Waals surface area contributed by atoms with Gasteiger partial charge in [0.05, 0.1) is 48.8 Å². The Morgan fingerprint density at radius 2 is 1.07 bits per heavy atom. The molecule has 41 heavy (non-hydrogen) atoms. The normalized spacial score (nSPS) is 21.5. The molecule has 0 spiro atoms. The maximum atomic E-state index is 12.5. The highest BCUT2D eigenvalue weighted by Gasteiger charge is 2.51. The van der Waals surface area contributed by atoms with Crippen LogP contribution in [-0.4, -0.2) is 90.2 Å². The highest BCUT2D eigenvalue weighted by molar-refractivity contribution is 5.88. The molecule has 0 bridgehead atoms. The van der Waals surface area contributed by atoms with E-state index in [0.29, 0.717) is 28.4 Å². The topological polar surface area (TPSA) is 137 Å². The molecule has 220 valence electrons. The Bertz CT molecular complexity index is 1270. The maximum Gasteiger partial charge on any atom is 0.331 e. The molecule has 4 unspecified atom stereocenters. The van der Waals surface area contributed by atoms with Crippen molar-refractivity contribution in [1.29, 1.82) is 0 Å². The predicted octanol–water partition coefficient (Wildman–Crippen LogP) is 2.78. The molecule has 0 aromatic heterocycles. The van der Waals surface area contributed by atoms with Gasteiger partial charge in [0.1, 0.15) is 12.2 Å². The van der Waals surface area contributed by atoms with Crippen molar-refractivity contribution in [3.05, 3.63) is 47.5 Å². The molecule has 2 fully saturated rings. The number of ether oxygens (including phenoxy) is 9. The van der Waals surface area contributed by atoms with Gasteiger partial charge in [0.15, 0.2) is 35.2 Å². The Balaban J connectivity index is 1.33. The van der Waals surface area contributed by atoms with Gasteiger partial charge in [-0.05, 0) is 47.5 Å². The van der Waals surface area contributed by atoms with E-state index < -0.39 is 36.4 Å². The molecule has 12 heteroatoms. The van der Waals surface area contributed by atoms with Crippen molar-refractivity contribution < 1.29 is 57.3 Å². The van der Waals surface area contributed by atoms with Crippen LogP contribution in [0.15, 0.2) is 36.4 Å². The second-order valence-corrected chi connectivity index (χ2v) is 8.95. The number of carbonyl (C=O) groups excluding carboxylic acids is 2. The van der Waals surface area contributed by atoms with E-state index in [1.165, 1.54) is 53.8 Å². The van der Waals surface area contributed by atoms with Gasteiger partial charge >= 0.3 is 11.9 Å². The number of fused-ring (bicyclic) bond motifs is 1. The minimum Gasteiger partial charge on any atom is -0.502 e. The SMILES string of the molecule is COc1cc(/C=C/C(=O)OC2COC3C(OC(=O)/C=C/c4cc(OC)c(OC)c(OC)c4)COC23)cc(OC)c1O. The van der Waals surface area contributed by atoms with Gasteiger partial charge in [-0.25, -0.2) is 9.59 Å². The van der Waals surface area contributed by atoms with E-state index in [4.69, 9.17) is 42.6 Å². The summed E-state index contributed by atoms with van der Waals surface area (Å²) in [6.07, 6.45) is 3.05. The lowest BCUT2D eigenvalue weighted by Gasteiger charge is -2.16. The van der Waals surface area contributed by atoms with Crippen LogP contribution in [0.25, 0.3) is 12.2 Å². The van der Waals surface area contributed by atoms with Crippen molar-refractivity contribution in [1.82, 2.24) is 0 Å². The second-order valence-electron chi connectivity index (χ2n) is 8.95. The fraction of sp³-hybridized carbons (Fsp3) is 0.379. The predicted molar refractivity (Wildman–Crippen MR) is 145 cm³/mol. The van der Waals surface area contributed by atoms with Gasteiger partial charge < -0.3 is 47.7 Å². The molecule has 4 rings (SSSR count). The van der Waals surface area contributed by atoms with Gasteiger partial charge in [0, 0.05) is 12.2 Å². The van der Waals surface area contributed by atoms with E-state index in [1.807, 2.05) is 0 Å². The van der Waals surface area contributed by atoms with Crippen molar-refractivity contribution in [3.8, 4) is 34.5 Å². The fourth-order valence-corrected chi connectivity index (χ4v) is 4.54. The average Bonchev–Trinajstić information content (AvgIpc) is 3.57. The standard InChI is InChI=1S/C29H32O12/c1-33-18-10-16(11-19(34-2)26(18)32)6-8-24(30)40-22-14-38-29-23(15-39-28(22)29)41-25(31)9-7-17-12-20(35-3)27(37-5)21(13-17)36-4/h6-13,22-23,28-29,32H,14-15H2,1-5H3/b8-6+,9-7+. The molecule has 2 saturated heterocycles. The quantitative estimate of drug-likeness (QED) is 0.313. The Kier molecular flexibility index (Phi) is 9.58. The zero-order valence-electron chi connectivity index (χ0n) is 23.3. The van der Waals surface area contributed by atoms with E-state index in [0.717, 1.165) is 0 Å². The second kappa shape index (κ2) is 13.3. The van der Waals surface area contributed by atoms with Gasteiger partial charge in [-0.15, -0.1) is 0 Å². The van der Waals surface area contributed by atoms with Gasteiger partial charge in [-0.2, -0.15) is 0 Å². The van der Waals surface area contributed by atoms with E-state index in [1.54, 1.807) is 30.3 Å². The number of carbonyl (C=O) groups is 2. The minimum atomic E-state index is -0.681. The molecule has 1 N–H and O–H groups in total. The molecule has 0 radical (unpaired) electrons. The third-order valence-electron chi connectivity index (χ3n) is 6.51. The summed E-state index contributed by atoms with van der Waals surface area (Å²) in [5.41, 5.74) is 1.19. The van der Waals surface area contributed by atoms with Crippen LogP contribution in [0.3, 0.4) is 0 Å². The average molecular weight is 573 g/mol. The van der Waals surface area contributed by atoms with E-state index in [2.05, 4.69) is 0 Å². The number of phenolic OH excluding ortho intramolecular Hbond substituents is 1. The van der Waals surface area contributed by atoms with Gasteiger partial charge in [0.25, 0.3) is 0 Å². The summed E-state index contributed by atoms with van der Waals surface area (Å²) >= 11 is 0. The Morgan fingerprint density at radius 1 is 0.683 bits per heavy atom. The van der Waals surface area contributed by atoms with Crippen molar-refractivity contribution in [2.75, 3.05) is 48.8 Å². The van der Waals surface area contributed by atoms with Gasteiger partial charge in [-0.1, -0.05) is 0 Å². The van der Waals surface area contributed by atoms with Crippen molar-refractivity contribution in [2.24, 2.45) is 0 Å². The molecule has 2 aliphatic heterocycles. The summed E-state index contributed by atoms with van der Waals surface area (Å²) in [4.78, 5) is 25.0. The third kappa shape index (κ3) is 6.67. The van der Waals surface area contributed by atoms with Crippen LogP contribution in [0.1, 0.15) is 11.1 Å². The minimum absolute atomic E-state index is 0.0884. The molecule has 0 amide bonds. The summed E-state index contributed by atoms with van der Waals surface area (Å²) in [6, 6.07) is 6.49. The van der Waals surface area contributed by atoms with Crippen LogP contribution >= 0.6 is 0 Å². The number of benzene rings is 2. The summed E-state index contributed by atoms with van der Waals surface area (Å²) in [5.74, 6) is 0.365. The number of aromatic hydroxyl groups is 1. The summed E-state index contributed by atoms with van der Waals surface area (Å²) in [6.45, 7) is 0.182. The van der Waals surface area contributed by atoms with Crippen LogP contribution in [-0.2, 0) is 28.5 Å². The highest BCUT2D eigenvalue weighted by atomic mass is 16.7. The van der Waals surface area contributed by atoms with Gasteiger partial charge in [-0.3, -0.25) is 0 Å². The lowest BCUT2D eigenvalue weighted by Crippen LogP contribution is -2.35. The summed E-state index contributed by atoms with van der Waals surface area (Å²) in [7, 11) is 7.32. The van der Waals surface area contributed by atoms with Crippen LogP contribution in [0.4, 0.5) is 0 Å². The molecular weight excluding hydrogens is 540 g/mol. The molecule has 2 heterocycles. The Hall–Kier alpha value is -4.42. The van der Waals surface area contributed by atoms with E-state index >= 15 is 0 Å². The lowest BCUT2D eigenvalue weighted by atomic mass is 10.1. The number of methoxy groups -OCH3 is 5. The molecule has 2 aromatic carbocycles. The van der Waals surface area contributed by atoms with E-state index in [9.17, 15) is 14.7 Å². The van der Waals surface area contributed by atoms with Crippen molar-refractivity contribution in [2.45, 2.75) is 24.4 Å². The monoisotopic (exact) mass is 572 g/mol. The number of esters is 2. The lowest BCUT2D eigenvalue weighted by molar-refractivity contribution is -0.149. The first kappa shape index (κ1) is 29.6.